The van der Waals surface area contributed by atoms with Gasteiger partial charge in [0.15, 0.2) is 0 Å². The number of unbranched alkanes of at least 4 members (excludes halogenated alkanes) is 2. The Morgan fingerprint density at radius 3 is 2.40 bits per heavy atom. The topological polar surface area (TPSA) is 81.2 Å². The van der Waals surface area contributed by atoms with Crippen LogP contribution in [0.3, 0.4) is 0 Å². The third kappa shape index (κ3) is 5.45. The lowest BCUT2D eigenvalue weighted by Crippen LogP contribution is -2.58. The minimum Gasteiger partial charge on any atom is -0.394 e. The van der Waals surface area contributed by atoms with E-state index in [0.29, 0.717) is 26.1 Å². The molecule has 0 radical (unpaired) electrons. The molecule has 0 saturated carbocycles. The van der Waals surface area contributed by atoms with Crippen molar-refractivity contribution in [3.8, 4) is 0 Å². The van der Waals surface area contributed by atoms with Crippen molar-refractivity contribution in [2.24, 2.45) is 17.8 Å². The van der Waals surface area contributed by atoms with Crippen LogP contribution in [0, 0.1) is 17.8 Å². The SMILES string of the molecule is C=CCN(CCCCC)C(=O)C1N([C@@H](CO)[C@@H](C)CC)C(=O)[C@@H]2[C@H](C(=O)N(CC=C)c3ccccc3)[C@]3(C)CCC12S3. The quantitative estimate of drug-likeness (QED) is 0.220. The lowest BCUT2D eigenvalue weighted by atomic mass is 9.66. The van der Waals surface area contributed by atoms with E-state index in [2.05, 4.69) is 27.0 Å². The van der Waals surface area contributed by atoms with E-state index in [1.165, 1.54) is 0 Å². The number of carbonyl (C=O) groups is 3. The molecule has 8 heteroatoms. The van der Waals surface area contributed by atoms with Gasteiger partial charge in [-0.2, -0.15) is 0 Å². The van der Waals surface area contributed by atoms with Crippen LogP contribution in [0.5, 0.6) is 0 Å². The molecule has 4 rings (SSSR count). The number of hydrogen-bond donors (Lipinski definition) is 1. The highest BCUT2D eigenvalue weighted by atomic mass is 32.2. The number of nitrogens with zero attached hydrogens (tertiary/aromatic N) is 3. The highest BCUT2D eigenvalue weighted by Gasteiger charge is 2.78. The minimum atomic E-state index is -0.739. The largest absolute Gasteiger partial charge is 0.394 e. The van der Waals surface area contributed by atoms with Crippen molar-refractivity contribution < 1.29 is 19.5 Å². The lowest BCUT2D eigenvalue weighted by Gasteiger charge is -2.41. The summed E-state index contributed by atoms with van der Waals surface area (Å²) in [6, 6.07) is 8.29. The van der Waals surface area contributed by atoms with Crippen LogP contribution >= 0.6 is 11.8 Å². The Kier molecular flexibility index (Phi) is 10.3. The number of hydrogen-bond acceptors (Lipinski definition) is 5. The first-order valence-electron chi connectivity index (χ1n) is 15.7. The van der Waals surface area contributed by atoms with E-state index < -0.39 is 33.4 Å². The average Bonchev–Trinajstić information content (AvgIpc) is 3.56. The number of para-hydroxylation sites is 1. The van der Waals surface area contributed by atoms with E-state index in [1.54, 1.807) is 33.7 Å². The monoisotopic (exact) mass is 595 g/mol. The molecule has 2 unspecified atom stereocenters. The normalized spacial score (nSPS) is 29.2. The summed E-state index contributed by atoms with van der Waals surface area (Å²) in [6.45, 7) is 17.2. The number of benzene rings is 1. The van der Waals surface area contributed by atoms with Crippen molar-refractivity contribution in [2.75, 3.05) is 31.1 Å². The maximum absolute atomic E-state index is 14.7. The molecule has 0 aliphatic carbocycles. The molecule has 0 aromatic heterocycles. The molecule has 230 valence electrons. The molecule has 3 saturated heterocycles. The van der Waals surface area contributed by atoms with Crippen LogP contribution in [-0.2, 0) is 14.4 Å². The summed E-state index contributed by atoms with van der Waals surface area (Å²) in [4.78, 5) is 49.3. The molecule has 7 nitrogen and oxygen atoms in total. The standard InChI is InChI=1S/C34H49N3O4S/c1-7-11-15-22-35(20-8-2)32(41)29-34-19-18-33(6,42-34)27(28(34)31(40)37(29)26(23-38)24(5)10-4)30(39)36(21-9-3)25-16-13-12-14-17-25/h8-9,12-14,16-17,24,26-29,38H,2-3,7,10-11,15,18-23H2,1,4-6H3/t24-,26-,27+,28-,29?,33-,34?/m0/s1. The van der Waals surface area contributed by atoms with Gasteiger partial charge in [-0.15, -0.1) is 24.9 Å². The Balaban J connectivity index is 1.82. The summed E-state index contributed by atoms with van der Waals surface area (Å²) in [5, 5.41) is 10.7. The second kappa shape index (κ2) is 13.4. The van der Waals surface area contributed by atoms with E-state index in [0.717, 1.165) is 37.8 Å². The van der Waals surface area contributed by atoms with Gasteiger partial charge < -0.3 is 19.8 Å². The van der Waals surface area contributed by atoms with Crippen LogP contribution in [0.15, 0.2) is 55.6 Å². The van der Waals surface area contributed by atoms with E-state index in [1.807, 2.05) is 49.1 Å². The fraction of sp³-hybridized carbons (Fsp3) is 0.618. The summed E-state index contributed by atoms with van der Waals surface area (Å²) in [5.74, 6) is -1.59. The Labute approximate surface area is 256 Å². The minimum absolute atomic E-state index is 0.00839. The third-order valence-electron chi connectivity index (χ3n) is 9.90. The Morgan fingerprint density at radius 1 is 1.12 bits per heavy atom. The van der Waals surface area contributed by atoms with Gasteiger partial charge in [-0.1, -0.05) is 70.4 Å². The van der Waals surface area contributed by atoms with E-state index in [-0.39, 0.29) is 30.2 Å². The van der Waals surface area contributed by atoms with Gasteiger partial charge in [0.1, 0.15) is 6.04 Å². The number of rotatable bonds is 15. The molecule has 1 aromatic rings. The highest BCUT2D eigenvalue weighted by Crippen LogP contribution is 2.72. The Bertz CT molecular complexity index is 1160. The number of amides is 3. The molecule has 7 atom stereocenters. The van der Waals surface area contributed by atoms with Crippen LogP contribution < -0.4 is 4.90 Å². The number of fused-ring (bicyclic) bond motifs is 1. The molecule has 2 bridgehead atoms. The molecular weight excluding hydrogens is 546 g/mol. The molecule has 1 N–H and O–H groups in total. The van der Waals surface area contributed by atoms with Gasteiger partial charge in [0.05, 0.1) is 29.2 Å². The van der Waals surface area contributed by atoms with E-state index in [9.17, 15) is 19.5 Å². The van der Waals surface area contributed by atoms with Crippen molar-refractivity contribution in [1.29, 1.82) is 0 Å². The van der Waals surface area contributed by atoms with Gasteiger partial charge >= 0.3 is 0 Å². The average molecular weight is 596 g/mol. The van der Waals surface area contributed by atoms with E-state index >= 15 is 0 Å². The van der Waals surface area contributed by atoms with Crippen LogP contribution in [0.4, 0.5) is 5.69 Å². The second-order valence-electron chi connectivity index (χ2n) is 12.5. The molecule has 3 heterocycles. The molecule has 42 heavy (non-hydrogen) atoms. The molecular formula is C34H49N3O4S. The van der Waals surface area contributed by atoms with Crippen LogP contribution in [0.2, 0.25) is 0 Å². The van der Waals surface area contributed by atoms with Gasteiger partial charge in [0, 0.05) is 30.1 Å². The molecule has 1 aromatic carbocycles. The Hall–Kier alpha value is -2.58. The summed E-state index contributed by atoms with van der Waals surface area (Å²) in [6.07, 6.45) is 8.58. The van der Waals surface area contributed by atoms with Crippen LogP contribution in [0.25, 0.3) is 0 Å². The molecule has 3 aliphatic rings. The summed E-state index contributed by atoms with van der Waals surface area (Å²) >= 11 is 1.68. The van der Waals surface area contributed by atoms with Crippen molar-refractivity contribution in [2.45, 2.75) is 87.8 Å². The van der Waals surface area contributed by atoms with Gasteiger partial charge in [-0.3, -0.25) is 14.4 Å². The fourth-order valence-corrected chi connectivity index (χ4v) is 9.92. The third-order valence-corrected chi connectivity index (χ3v) is 11.9. The first-order valence-corrected chi connectivity index (χ1v) is 16.5. The molecule has 3 fully saturated rings. The van der Waals surface area contributed by atoms with Gasteiger partial charge in [-0.05, 0) is 44.2 Å². The first kappa shape index (κ1) is 32.3. The van der Waals surface area contributed by atoms with Crippen molar-refractivity contribution in [1.82, 2.24) is 9.80 Å². The van der Waals surface area contributed by atoms with Crippen molar-refractivity contribution in [3.63, 3.8) is 0 Å². The van der Waals surface area contributed by atoms with Gasteiger partial charge in [-0.25, -0.2) is 0 Å². The molecule has 3 amide bonds. The Morgan fingerprint density at radius 2 is 1.81 bits per heavy atom. The zero-order chi connectivity index (χ0) is 30.7. The summed E-state index contributed by atoms with van der Waals surface area (Å²) < 4.78 is -1.21. The fourth-order valence-electron chi connectivity index (χ4n) is 7.59. The number of aliphatic hydroxyl groups excluding tert-OH is 1. The van der Waals surface area contributed by atoms with Crippen molar-refractivity contribution >= 4 is 35.2 Å². The first-order chi connectivity index (χ1) is 20.1. The molecule has 1 spiro atoms. The number of carbonyl (C=O) groups excluding carboxylic acids is 3. The number of aliphatic hydroxyl groups is 1. The predicted octanol–water partition coefficient (Wildman–Crippen LogP) is 5.30. The van der Waals surface area contributed by atoms with Gasteiger partial charge in [0.25, 0.3) is 0 Å². The maximum atomic E-state index is 14.7. The number of thioether (sulfide) groups is 1. The summed E-state index contributed by atoms with van der Waals surface area (Å²) in [7, 11) is 0. The van der Waals surface area contributed by atoms with Crippen LogP contribution in [0.1, 0.15) is 66.2 Å². The number of likely N-dealkylation sites (tertiary alicyclic amines) is 1. The smallest absolute Gasteiger partial charge is 0.247 e. The van der Waals surface area contributed by atoms with Crippen LogP contribution in [-0.4, -0.2) is 80.4 Å². The summed E-state index contributed by atoms with van der Waals surface area (Å²) in [5.41, 5.74) is 0.767. The lowest BCUT2D eigenvalue weighted by molar-refractivity contribution is -0.147. The van der Waals surface area contributed by atoms with E-state index in [4.69, 9.17) is 0 Å². The second-order valence-corrected chi connectivity index (χ2v) is 14.4. The predicted molar refractivity (Wildman–Crippen MR) is 171 cm³/mol. The van der Waals surface area contributed by atoms with Gasteiger partial charge in [0.2, 0.25) is 17.7 Å². The zero-order valence-corrected chi connectivity index (χ0v) is 26.7. The maximum Gasteiger partial charge on any atom is 0.247 e. The highest BCUT2D eigenvalue weighted by molar-refractivity contribution is 8.02. The van der Waals surface area contributed by atoms with Crippen molar-refractivity contribution in [3.05, 3.63) is 55.6 Å². The molecule has 3 aliphatic heterocycles. The zero-order valence-electron chi connectivity index (χ0n) is 25.8. The number of anilines is 1.